The molecule has 0 aliphatic heterocycles. The Morgan fingerprint density at radius 1 is 1.00 bits per heavy atom. The predicted octanol–water partition coefficient (Wildman–Crippen LogP) is 4.48. The number of nitrogens with one attached hydrogen (secondary N) is 1. The lowest BCUT2D eigenvalue weighted by molar-refractivity contribution is 0.0600. The zero-order valence-corrected chi connectivity index (χ0v) is 14.2. The molecular formula is C21H25NO2. The van der Waals surface area contributed by atoms with Crippen LogP contribution >= 0.6 is 0 Å². The summed E-state index contributed by atoms with van der Waals surface area (Å²) in [6, 6.07) is 18.8. The second-order valence-electron chi connectivity index (χ2n) is 6.46. The molecule has 1 aliphatic carbocycles. The molecule has 1 atom stereocenters. The Bertz CT molecular complexity index is 663. The van der Waals surface area contributed by atoms with Crippen LogP contribution < -0.4 is 5.32 Å². The van der Waals surface area contributed by atoms with Crippen molar-refractivity contribution in [2.24, 2.45) is 0 Å². The van der Waals surface area contributed by atoms with Crippen molar-refractivity contribution in [2.45, 2.75) is 44.2 Å². The number of benzene rings is 2. The van der Waals surface area contributed by atoms with Gasteiger partial charge in [0.15, 0.2) is 0 Å². The largest absolute Gasteiger partial charge is 0.465 e. The zero-order valence-electron chi connectivity index (χ0n) is 14.2. The van der Waals surface area contributed by atoms with Gasteiger partial charge in [-0.1, -0.05) is 61.7 Å². The van der Waals surface area contributed by atoms with Crippen LogP contribution in [0, 0.1) is 0 Å². The maximum atomic E-state index is 11.9. The Morgan fingerprint density at radius 3 is 2.42 bits per heavy atom. The van der Waals surface area contributed by atoms with Crippen molar-refractivity contribution in [3.05, 3.63) is 71.3 Å². The van der Waals surface area contributed by atoms with Gasteiger partial charge in [-0.15, -0.1) is 0 Å². The third-order valence-electron chi connectivity index (χ3n) is 4.78. The van der Waals surface area contributed by atoms with E-state index in [9.17, 15) is 4.79 Å². The molecule has 2 aromatic rings. The van der Waals surface area contributed by atoms with Crippen molar-refractivity contribution < 1.29 is 9.53 Å². The third-order valence-corrected chi connectivity index (χ3v) is 4.78. The number of methoxy groups -OCH3 is 1. The highest BCUT2D eigenvalue weighted by molar-refractivity contribution is 5.89. The van der Waals surface area contributed by atoms with Crippen LogP contribution in [0.15, 0.2) is 54.6 Å². The molecule has 0 bridgehead atoms. The van der Waals surface area contributed by atoms with E-state index in [0.717, 1.165) is 5.56 Å². The predicted molar refractivity (Wildman–Crippen MR) is 96.1 cm³/mol. The molecule has 24 heavy (non-hydrogen) atoms. The van der Waals surface area contributed by atoms with Crippen molar-refractivity contribution in [2.75, 3.05) is 7.11 Å². The van der Waals surface area contributed by atoms with Crippen molar-refractivity contribution in [3.63, 3.8) is 0 Å². The fourth-order valence-electron chi connectivity index (χ4n) is 3.50. The van der Waals surface area contributed by atoms with Crippen LogP contribution in [0.1, 0.15) is 59.6 Å². The minimum absolute atomic E-state index is 0.0962. The molecule has 3 rings (SSSR count). The maximum absolute atomic E-state index is 11.9. The number of carbonyl (C=O) groups excluding carboxylic acids is 1. The lowest BCUT2D eigenvalue weighted by atomic mass is 9.91. The summed E-state index contributed by atoms with van der Waals surface area (Å²) in [6.07, 6.45) is 6.37. The Labute approximate surface area is 144 Å². The number of hydrogen-bond donors (Lipinski definition) is 1. The lowest BCUT2D eigenvalue weighted by Gasteiger charge is -2.29. The van der Waals surface area contributed by atoms with Gasteiger partial charge in [0, 0.05) is 6.04 Å². The Hall–Kier alpha value is -2.13. The minimum Gasteiger partial charge on any atom is -0.465 e. The van der Waals surface area contributed by atoms with Gasteiger partial charge in [-0.25, -0.2) is 4.79 Å². The molecule has 0 spiro atoms. The van der Waals surface area contributed by atoms with Crippen LogP contribution in [0.5, 0.6) is 0 Å². The van der Waals surface area contributed by atoms with Crippen LogP contribution in [0.4, 0.5) is 0 Å². The summed E-state index contributed by atoms with van der Waals surface area (Å²) >= 11 is 0. The molecule has 1 aliphatic rings. The van der Waals surface area contributed by atoms with Crippen LogP contribution in [-0.4, -0.2) is 19.1 Å². The fraction of sp³-hybridized carbons (Fsp3) is 0.381. The molecule has 0 radical (unpaired) electrons. The zero-order chi connectivity index (χ0) is 16.8. The van der Waals surface area contributed by atoms with E-state index in [1.54, 1.807) is 6.07 Å². The van der Waals surface area contributed by atoms with E-state index in [1.165, 1.54) is 44.8 Å². The van der Waals surface area contributed by atoms with E-state index in [2.05, 4.69) is 35.6 Å². The van der Waals surface area contributed by atoms with Crippen molar-refractivity contribution in [1.29, 1.82) is 0 Å². The molecule has 1 unspecified atom stereocenters. The highest BCUT2D eigenvalue weighted by atomic mass is 16.5. The molecule has 0 amide bonds. The number of hydrogen-bond acceptors (Lipinski definition) is 3. The smallest absolute Gasteiger partial charge is 0.337 e. The van der Waals surface area contributed by atoms with E-state index in [-0.39, 0.29) is 12.0 Å². The van der Waals surface area contributed by atoms with Crippen molar-refractivity contribution >= 4 is 5.97 Å². The van der Waals surface area contributed by atoms with Crippen LogP contribution in [-0.2, 0) is 4.74 Å². The first-order valence-corrected chi connectivity index (χ1v) is 8.77. The van der Waals surface area contributed by atoms with Gasteiger partial charge >= 0.3 is 5.97 Å². The third kappa shape index (κ3) is 4.04. The van der Waals surface area contributed by atoms with Crippen LogP contribution in [0.2, 0.25) is 0 Å². The molecule has 1 fully saturated rings. The molecule has 3 heteroatoms. The van der Waals surface area contributed by atoms with Gasteiger partial charge in [-0.2, -0.15) is 0 Å². The summed E-state index contributed by atoms with van der Waals surface area (Å²) < 4.78 is 4.87. The van der Waals surface area contributed by atoms with E-state index in [0.29, 0.717) is 11.6 Å². The standard InChI is InChI=1S/C21H25NO2/c1-24-21(23)18-12-8-11-17(15-18)20(16-9-4-2-5-10-16)22-19-13-6-3-7-14-19/h2,4-5,8-12,15,19-20,22H,3,6-7,13-14H2,1H3. The van der Waals surface area contributed by atoms with Crippen LogP contribution in [0.3, 0.4) is 0 Å². The van der Waals surface area contributed by atoms with E-state index >= 15 is 0 Å². The Balaban J connectivity index is 1.90. The van der Waals surface area contributed by atoms with Gasteiger partial charge in [0.25, 0.3) is 0 Å². The number of carbonyl (C=O) groups is 1. The molecule has 0 saturated heterocycles. The summed E-state index contributed by atoms with van der Waals surface area (Å²) in [6.45, 7) is 0. The summed E-state index contributed by atoms with van der Waals surface area (Å²) in [7, 11) is 1.42. The molecule has 3 nitrogen and oxygen atoms in total. The average molecular weight is 323 g/mol. The van der Waals surface area contributed by atoms with E-state index < -0.39 is 0 Å². The van der Waals surface area contributed by atoms with Crippen molar-refractivity contribution in [3.8, 4) is 0 Å². The second kappa shape index (κ2) is 8.11. The van der Waals surface area contributed by atoms with Gasteiger partial charge in [-0.05, 0) is 36.1 Å². The number of rotatable bonds is 5. The molecular weight excluding hydrogens is 298 g/mol. The molecule has 0 aromatic heterocycles. The molecule has 1 saturated carbocycles. The Morgan fingerprint density at radius 2 is 1.71 bits per heavy atom. The number of esters is 1. The summed E-state index contributed by atoms with van der Waals surface area (Å²) in [4.78, 5) is 11.9. The van der Waals surface area contributed by atoms with Gasteiger partial charge in [0.05, 0.1) is 18.7 Å². The normalized spacial score (nSPS) is 16.5. The van der Waals surface area contributed by atoms with E-state index in [1.807, 2.05) is 18.2 Å². The van der Waals surface area contributed by atoms with E-state index in [4.69, 9.17) is 4.74 Å². The highest BCUT2D eigenvalue weighted by Gasteiger charge is 2.21. The first-order chi connectivity index (χ1) is 11.8. The quantitative estimate of drug-likeness (QED) is 0.824. The van der Waals surface area contributed by atoms with Gasteiger partial charge in [0.2, 0.25) is 0 Å². The first-order valence-electron chi connectivity index (χ1n) is 8.77. The molecule has 126 valence electrons. The summed E-state index contributed by atoms with van der Waals surface area (Å²) in [5, 5.41) is 3.82. The number of ether oxygens (including phenoxy) is 1. The van der Waals surface area contributed by atoms with Crippen LogP contribution in [0.25, 0.3) is 0 Å². The van der Waals surface area contributed by atoms with Crippen molar-refractivity contribution in [1.82, 2.24) is 5.32 Å². The lowest BCUT2D eigenvalue weighted by Crippen LogP contribution is -2.35. The first kappa shape index (κ1) is 16.7. The fourth-order valence-corrected chi connectivity index (χ4v) is 3.50. The van der Waals surface area contributed by atoms with Gasteiger partial charge < -0.3 is 10.1 Å². The topological polar surface area (TPSA) is 38.3 Å². The van der Waals surface area contributed by atoms with Gasteiger partial charge in [0.1, 0.15) is 0 Å². The average Bonchev–Trinajstić information content (AvgIpc) is 2.67. The maximum Gasteiger partial charge on any atom is 0.337 e. The Kier molecular flexibility index (Phi) is 5.65. The minimum atomic E-state index is -0.290. The molecule has 0 heterocycles. The highest BCUT2D eigenvalue weighted by Crippen LogP contribution is 2.27. The second-order valence-corrected chi connectivity index (χ2v) is 6.46. The summed E-state index contributed by atoms with van der Waals surface area (Å²) in [5.41, 5.74) is 2.93. The SMILES string of the molecule is COC(=O)c1cccc(C(NC2CCCCC2)c2ccccc2)c1. The summed E-state index contributed by atoms with van der Waals surface area (Å²) in [5.74, 6) is -0.290. The molecule has 1 N–H and O–H groups in total. The van der Waals surface area contributed by atoms with Gasteiger partial charge in [-0.3, -0.25) is 0 Å². The molecule has 2 aromatic carbocycles. The monoisotopic (exact) mass is 323 g/mol.